The van der Waals surface area contributed by atoms with Crippen molar-refractivity contribution in [1.29, 1.82) is 0 Å². The van der Waals surface area contributed by atoms with Crippen LogP contribution in [0.25, 0.3) is 0 Å². The third kappa shape index (κ3) is 5.60. The fourth-order valence-corrected chi connectivity index (χ4v) is 7.15. The Balaban J connectivity index is 1.03. The monoisotopic (exact) mass is 516 g/mol. The van der Waals surface area contributed by atoms with Crippen molar-refractivity contribution in [1.82, 2.24) is 14.9 Å². The number of rotatable bonds is 8. The van der Waals surface area contributed by atoms with Crippen LogP contribution in [0.2, 0.25) is 0 Å². The van der Waals surface area contributed by atoms with E-state index in [0.717, 1.165) is 65.7 Å². The molecule has 2 aromatic carbocycles. The summed E-state index contributed by atoms with van der Waals surface area (Å²) in [5.74, 6) is 3.02. The van der Waals surface area contributed by atoms with E-state index in [1.807, 2.05) is 24.3 Å². The lowest BCUT2D eigenvalue weighted by Crippen LogP contribution is -2.48. The van der Waals surface area contributed by atoms with Gasteiger partial charge in [0.1, 0.15) is 10.8 Å². The lowest BCUT2D eigenvalue weighted by atomic mass is 9.67. The molecule has 2 unspecified atom stereocenters. The normalized spacial score (nSPS) is 22.4. The van der Waals surface area contributed by atoms with Gasteiger partial charge in [-0.25, -0.2) is 9.97 Å². The maximum absolute atomic E-state index is 10.9. The molecule has 2 atom stereocenters. The number of carboxylic acids is 1. The number of carbonyl (C=O) groups is 1. The lowest BCUT2D eigenvalue weighted by Gasteiger charge is -2.47. The zero-order chi connectivity index (χ0) is 25.2. The first kappa shape index (κ1) is 24.2. The Bertz CT molecular complexity index is 1250. The minimum atomic E-state index is -0.811. The Morgan fingerprint density at radius 3 is 2.59 bits per heavy atom. The summed E-state index contributed by atoms with van der Waals surface area (Å²) in [6.45, 7) is 4.00. The number of nitrogens with one attached hydrogen (secondary N) is 1. The largest absolute Gasteiger partial charge is 0.494 e. The van der Waals surface area contributed by atoms with Crippen molar-refractivity contribution in [2.45, 2.75) is 48.6 Å². The number of likely N-dealkylation sites (tertiary alicyclic amines) is 1. The Morgan fingerprint density at radius 1 is 1.05 bits per heavy atom. The maximum atomic E-state index is 10.9. The van der Waals surface area contributed by atoms with E-state index in [1.54, 1.807) is 24.2 Å². The van der Waals surface area contributed by atoms with Crippen LogP contribution in [0.15, 0.2) is 64.8 Å². The highest BCUT2D eigenvalue weighted by Gasteiger charge is 2.39. The molecule has 8 heteroatoms. The Labute approximate surface area is 221 Å². The van der Waals surface area contributed by atoms with Gasteiger partial charge in [-0.2, -0.15) is 0 Å². The summed E-state index contributed by atoms with van der Waals surface area (Å²) in [7, 11) is 0. The molecule has 1 saturated carbocycles. The van der Waals surface area contributed by atoms with E-state index in [0.29, 0.717) is 12.5 Å². The fraction of sp³-hybridized carbons (Fsp3) is 0.414. The van der Waals surface area contributed by atoms with Crippen molar-refractivity contribution in [2.75, 3.05) is 25.0 Å². The SMILES string of the molecule is O=C(O)Cc1ccc(OCCC2C3CCCC2CN(Cc2ccc4c(c2)Nc2nccnc2S4)C3)cc1. The fourth-order valence-electron chi connectivity index (χ4n) is 6.28. The highest BCUT2D eigenvalue weighted by Crippen LogP contribution is 2.44. The highest BCUT2D eigenvalue weighted by atomic mass is 32.2. The molecule has 0 amide bonds. The van der Waals surface area contributed by atoms with Gasteiger partial charge in [-0.3, -0.25) is 9.69 Å². The molecule has 3 heterocycles. The van der Waals surface area contributed by atoms with Gasteiger partial charge in [-0.1, -0.05) is 36.4 Å². The van der Waals surface area contributed by atoms with Crippen LogP contribution < -0.4 is 10.1 Å². The number of benzene rings is 2. The zero-order valence-corrected chi connectivity index (χ0v) is 21.6. The number of aliphatic carboxylic acids is 1. The summed E-state index contributed by atoms with van der Waals surface area (Å²) < 4.78 is 6.05. The quantitative estimate of drug-likeness (QED) is 0.312. The van der Waals surface area contributed by atoms with Crippen LogP contribution in [0, 0.1) is 17.8 Å². The maximum Gasteiger partial charge on any atom is 0.307 e. The van der Waals surface area contributed by atoms with Crippen LogP contribution in [-0.2, 0) is 17.8 Å². The number of nitrogens with zero attached hydrogens (tertiary/aromatic N) is 3. The summed E-state index contributed by atoms with van der Waals surface area (Å²) >= 11 is 1.67. The highest BCUT2D eigenvalue weighted by molar-refractivity contribution is 7.99. The molecular weight excluding hydrogens is 484 g/mol. The number of hydrogen-bond donors (Lipinski definition) is 2. The molecule has 37 heavy (non-hydrogen) atoms. The Hall–Kier alpha value is -3.10. The first-order valence-electron chi connectivity index (χ1n) is 13.2. The summed E-state index contributed by atoms with van der Waals surface area (Å²) in [6, 6.07) is 14.2. The third-order valence-corrected chi connectivity index (χ3v) is 8.99. The number of anilines is 2. The molecule has 1 aliphatic carbocycles. The van der Waals surface area contributed by atoms with Crippen LogP contribution in [0.5, 0.6) is 5.75 Å². The van der Waals surface area contributed by atoms with E-state index in [1.165, 1.54) is 29.7 Å². The standard InChI is InChI=1S/C29H32N4O3S/c34-27(35)15-19-4-7-23(8-5-19)36-13-10-24-21-2-1-3-22(24)18-33(17-21)16-20-6-9-26-25(14-20)32-28-29(37-26)31-12-11-30-28/h4-9,11-12,14,21-22,24H,1-3,10,13,15-18H2,(H,30,32)(H,34,35). The second-order valence-corrected chi connectivity index (χ2v) is 11.5. The molecule has 2 bridgehead atoms. The number of piperidine rings is 1. The molecule has 192 valence electrons. The van der Waals surface area contributed by atoms with Crippen LogP contribution in [0.4, 0.5) is 11.5 Å². The van der Waals surface area contributed by atoms with E-state index in [2.05, 4.69) is 38.4 Å². The van der Waals surface area contributed by atoms with Gasteiger partial charge >= 0.3 is 5.97 Å². The van der Waals surface area contributed by atoms with E-state index in [4.69, 9.17) is 9.84 Å². The smallest absolute Gasteiger partial charge is 0.307 e. The molecule has 2 aliphatic heterocycles. The number of ether oxygens (including phenoxy) is 1. The van der Waals surface area contributed by atoms with Crippen molar-refractivity contribution in [3.8, 4) is 5.75 Å². The number of fused-ring (bicyclic) bond motifs is 4. The molecule has 3 aliphatic rings. The molecule has 0 spiro atoms. The second kappa shape index (κ2) is 10.7. The molecule has 6 rings (SSSR count). The minimum absolute atomic E-state index is 0.0474. The predicted octanol–water partition coefficient (Wildman–Crippen LogP) is 5.63. The van der Waals surface area contributed by atoms with Gasteiger partial charge in [-0.05, 0) is 72.4 Å². The summed E-state index contributed by atoms with van der Waals surface area (Å²) in [5.41, 5.74) is 3.26. The summed E-state index contributed by atoms with van der Waals surface area (Å²) in [6.07, 6.45) is 8.55. The van der Waals surface area contributed by atoms with Crippen LogP contribution in [0.3, 0.4) is 0 Å². The Kier molecular flexibility index (Phi) is 7.02. The van der Waals surface area contributed by atoms with Crippen LogP contribution in [-0.4, -0.2) is 45.6 Å². The molecular formula is C29H32N4O3S. The third-order valence-electron chi connectivity index (χ3n) is 7.92. The van der Waals surface area contributed by atoms with Crippen molar-refractivity contribution in [3.05, 3.63) is 66.0 Å². The topological polar surface area (TPSA) is 87.6 Å². The molecule has 2 fully saturated rings. The Morgan fingerprint density at radius 2 is 1.81 bits per heavy atom. The van der Waals surface area contributed by atoms with Gasteiger partial charge in [0, 0.05) is 36.9 Å². The average Bonchev–Trinajstić information content (AvgIpc) is 2.88. The van der Waals surface area contributed by atoms with Crippen molar-refractivity contribution >= 4 is 29.2 Å². The van der Waals surface area contributed by atoms with E-state index < -0.39 is 5.97 Å². The van der Waals surface area contributed by atoms with Crippen LogP contribution in [0.1, 0.15) is 36.8 Å². The number of hydrogen-bond acceptors (Lipinski definition) is 7. The average molecular weight is 517 g/mol. The molecule has 0 radical (unpaired) electrons. The van der Waals surface area contributed by atoms with Gasteiger partial charge in [0.15, 0.2) is 5.82 Å². The minimum Gasteiger partial charge on any atom is -0.494 e. The molecule has 3 aromatic rings. The zero-order valence-electron chi connectivity index (χ0n) is 20.8. The first-order valence-corrected chi connectivity index (χ1v) is 14.0. The van der Waals surface area contributed by atoms with E-state index in [9.17, 15) is 4.79 Å². The van der Waals surface area contributed by atoms with Gasteiger partial charge in [-0.15, -0.1) is 0 Å². The number of aromatic nitrogens is 2. The molecule has 2 N–H and O–H groups in total. The van der Waals surface area contributed by atoms with Crippen molar-refractivity contribution < 1.29 is 14.6 Å². The van der Waals surface area contributed by atoms with Gasteiger partial charge < -0.3 is 15.2 Å². The van der Waals surface area contributed by atoms with Gasteiger partial charge in [0.2, 0.25) is 0 Å². The van der Waals surface area contributed by atoms with Crippen LogP contribution >= 0.6 is 11.8 Å². The summed E-state index contributed by atoms with van der Waals surface area (Å²) in [4.78, 5) is 23.6. The van der Waals surface area contributed by atoms with Crippen molar-refractivity contribution in [3.63, 3.8) is 0 Å². The molecule has 1 aromatic heterocycles. The lowest BCUT2D eigenvalue weighted by molar-refractivity contribution is -0.136. The van der Waals surface area contributed by atoms with E-state index in [-0.39, 0.29) is 6.42 Å². The van der Waals surface area contributed by atoms with Gasteiger partial charge in [0.25, 0.3) is 0 Å². The molecule has 1 saturated heterocycles. The summed E-state index contributed by atoms with van der Waals surface area (Å²) in [5, 5.41) is 13.3. The predicted molar refractivity (Wildman–Crippen MR) is 143 cm³/mol. The second-order valence-electron chi connectivity index (χ2n) is 10.4. The first-order chi connectivity index (χ1) is 18.1. The van der Waals surface area contributed by atoms with Crippen molar-refractivity contribution in [2.24, 2.45) is 17.8 Å². The van der Waals surface area contributed by atoms with Gasteiger partial charge in [0.05, 0.1) is 18.7 Å². The molecule has 7 nitrogen and oxygen atoms in total. The number of carboxylic acid groups (broad SMARTS) is 1. The van der Waals surface area contributed by atoms with E-state index >= 15 is 0 Å².